The monoisotopic (exact) mass is 446 g/mol. The predicted molar refractivity (Wildman–Crippen MR) is 114 cm³/mol. The molecule has 0 aliphatic carbocycles. The zero-order chi connectivity index (χ0) is 22.3. The van der Waals surface area contributed by atoms with E-state index < -0.39 is 15.9 Å². The van der Waals surface area contributed by atoms with Crippen LogP contribution >= 0.6 is 11.8 Å². The van der Waals surface area contributed by atoms with Gasteiger partial charge in [-0.1, -0.05) is 25.6 Å². The van der Waals surface area contributed by atoms with Crippen molar-refractivity contribution >= 4 is 39.3 Å². The average Bonchev–Trinajstić information content (AvgIpc) is 2.65. The van der Waals surface area contributed by atoms with Gasteiger partial charge >= 0.3 is 0 Å². The number of amides is 2. The molecule has 2 aromatic rings. The number of aromatic nitrogens is 1. The number of sulfonamides is 1. The summed E-state index contributed by atoms with van der Waals surface area (Å²) >= 11 is 1.17. The molecule has 0 saturated carbocycles. The average molecular weight is 447 g/mol. The molecule has 0 aliphatic rings. The first kappa shape index (κ1) is 23.4. The molecule has 158 valence electrons. The Labute approximate surface area is 180 Å². The topological polar surface area (TPSA) is 129 Å². The number of nitrogens with one attached hydrogen (secondary N) is 2. The minimum absolute atomic E-state index is 0.0404. The number of rotatable bonds is 8. The molecule has 0 fully saturated rings. The summed E-state index contributed by atoms with van der Waals surface area (Å²) in [6, 6.07) is 11.0. The molecule has 2 rings (SSSR count). The molecule has 0 aliphatic heterocycles. The SMILES string of the molecule is CC(=O)NS(=O)(=O)c1ccc(NC(=O)CSc2nc(CC(C)C)ccc2C#N)cc1. The minimum Gasteiger partial charge on any atom is -0.325 e. The number of hydrogen-bond acceptors (Lipinski definition) is 7. The van der Waals surface area contributed by atoms with Crippen LogP contribution in [-0.4, -0.2) is 31.0 Å². The summed E-state index contributed by atoms with van der Waals surface area (Å²) in [5.74, 6) is -0.549. The second-order valence-corrected chi connectivity index (χ2v) is 9.53. The summed E-state index contributed by atoms with van der Waals surface area (Å²) in [6.45, 7) is 5.26. The largest absolute Gasteiger partial charge is 0.325 e. The van der Waals surface area contributed by atoms with Gasteiger partial charge in [0.2, 0.25) is 11.8 Å². The van der Waals surface area contributed by atoms with Gasteiger partial charge in [-0.05, 0) is 48.7 Å². The lowest BCUT2D eigenvalue weighted by atomic mass is 10.1. The van der Waals surface area contributed by atoms with Crippen LogP contribution in [0.25, 0.3) is 0 Å². The summed E-state index contributed by atoms with van der Waals surface area (Å²) in [6.07, 6.45) is 0.777. The lowest BCUT2D eigenvalue weighted by Gasteiger charge is -2.09. The molecule has 2 amide bonds. The molecule has 2 N–H and O–H groups in total. The van der Waals surface area contributed by atoms with E-state index in [1.54, 1.807) is 6.07 Å². The van der Waals surface area contributed by atoms with E-state index in [2.05, 4.69) is 30.2 Å². The van der Waals surface area contributed by atoms with E-state index >= 15 is 0 Å². The fraction of sp³-hybridized carbons (Fsp3) is 0.300. The van der Waals surface area contributed by atoms with Crippen LogP contribution in [0.3, 0.4) is 0 Å². The maximum atomic E-state index is 12.3. The highest BCUT2D eigenvalue weighted by atomic mass is 32.2. The maximum absolute atomic E-state index is 12.3. The van der Waals surface area contributed by atoms with Crippen LogP contribution in [0, 0.1) is 17.2 Å². The van der Waals surface area contributed by atoms with Gasteiger partial charge in [-0.25, -0.2) is 18.1 Å². The first-order valence-electron chi connectivity index (χ1n) is 9.07. The van der Waals surface area contributed by atoms with Gasteiger partial charge in [0.25, 0.3) is 10.0 Å². The molecule has 30 heavy (non-hydrogen) atoms. The number of hydrogen-bond donors (Lipinski definition) is 2. The van der Waals surface area contributed by atoms with E-state index in [1.165, 1.54) is 36.0 Å². The van der Waals surface area contributed by atoms with Crippen molar-refractivity contribution in [1.82, 2.24) is 9.71 Å². The lowest BCUT2D eigenvalue weighted by Crippen LogP contribution is -2.28. The zero-order valence-corrected chi connectivity index (χ0v) is 18.4. The Morgan fingerprint density at radius 3 is 2.40 bits per heavy atom. The molecule has 0 saturated heterocycles. The van der Waals surface area contributed by atoms with Gasteiger partial charge in [0.05, 0.1) is 16.2 Å². The molecule has 1 aromatic heterocycles. The van der Waals surface area contributed by atoms with Gasteiger partial charge in [-0.15, -0.1) is 0 Å². The van der Waals surface area contributed by atoms with Crippen molar-refractivity contribution < 1.29 is 18.0 Å². The van der Waals surface area contributed by atoms with Gasteiger partial charge in [-0.2, -0.15) is 5.26 Å². The second kappa shape index (κ2) is 10.2. The third-order valence-electron chi connectivity index (χ3n) is 3.72. The van der Waals surface area contributed by atoms with Crippen molar-refractivity contribution in [2.24, 2.45) is 5.92 Å². The fourth-order valence-electron chi connectivity index (χ4n) is 2.50. The highest BCUT2D eigenvalue weighted by Gasteiger charge is 2.15. The molecule has 0 radical (unpaired) electrons. The molecule has 10 heteroatoms. The molecule has 0 unspecified atom stereocenters. The Hall–Kier alpha value is -2.90. The van der Waals surface area contributed by atoms with Gasteiger partial charge in [0, 0.05) is 18.3 Å². The van der Waals surface area contributed by atoms with E-state index in [9.17, 15) is 23.3 Å². The van der Waals surface area contributed by atoms with E-state index in [1.807, 2.05) is 10.8 Å². The molecular formula is C20H22N4O4S2. The van der Waals surface area contributed by atoms with Crippen molar-refractivity contribution in [2.75, 3.05) is 11.1 Å². The van der Waals surface area contributed by atoms with E-state index in [-0.39, 0.29) is 16.6 Å². The van der Waals surface area contributed by atoms with Gasteiger partial charge < -0.3 is 5.32 Å². The van der Waals surface area contributed by atoms with Crippen LogP contribution in [0.15, 0.2) is 46.3 Å². The summed E-state index contributed by atoms with van der Waals surface area (Å²) in [4.78, 5) is 27.6. The van der Waals surface area contributed by atoms with Crippen LogP contribution in [0.1, 0.15) is 32.0 Å². The highest BCUT2D eigenvalue weighted by molar-refractivity contribution is 8.00. The van der Waals surface area contributed by atoms with E-state index in [4.69, 9.17) is 0 Å². The standard InChI is InChI=1S/C20H22N4O4S2/c1-13(2)10-17-5-4-15(11-21)20(23-17)29-12-19(26)22-16-6-8-18(9-7-16)30(27,28)24-14(3)25/h4-9,13H,10,12H2,1-3H3,(H,22,26)(H,24,25). The highest BCUT2D eigenvalue weighted by Crippen LogP contribution is 2.22. The molecule has 8 nitrogen and oxygen atoms in total. The lowest BCUT2D eigenvalue weighted by molar-refractivity contribution is -0.117. The third kappa shape index (κ3) is 6.86. The third-order valence-corrected chi connectivity index (χ3v) is 6.16. The Morgan fingerprint density at radius 2 is 1.83 bits per heavy atom. The quantitative estimate of drug-likeness (QED) is 0.596. The van der Waals surface area contributed by atoms with Crippen molar-refractivity contribution in [3.63, 3.8) is 0 Å². The Bertz CT molecular complexity index is 1070. The molecule has 0 spiro atoms. The number of carbonyl (C=O) groups is 2. The number of carbonyl (C=O) groups excluding carboxylic acids is 2. The zero-order valence-electron chi connectivity index (χ0n) is 16.8. The van der Waals surface area contributed by atoms with Crippen LogP contribution in [0.4, 0.5) is 5.69 Å². The minimum atomic E-state index is -3.93. The number of nitrogens with zero attached hydrogens (tertiary/aromatic N) is 2. The predicted octanol–water partition coefficient (Wildman–Crippen LogP) is 2.71. The number of thioether (sulfide) groups is 1. The summed E-state index contributed by atoms with van der Waals surface area (Å²) < 4.78 is 25.7. The van der Waals surface area contributed by atoms with Crippen molar-refractivity contribution in [2.45, 2.75) is 37.1 Å². The second-order valence-electron chi connectivity index (χ2n) is 6.89. The van der Waals surface area contributed by atoms with Crippen LogP contribution in [-0.2, 0) is 26.0 Å². The normalized spacial score (nSPS) is 11.0. The summed E-state index contributed by atoms with van der Waals surface area (Å²) in [5.41, 5.74) is 1.68. The van der Waals surface area contributed by atoms with E-state index in [0.29, 0.717) is 22.2 Å². The number of anilines is 1. The first-order chi connectivity index (χ1) is 14.1. The van der Waals surface area contributed by atoms with Gasteiger partial charge in [-0.3, -0.25) is 9.59 Å². The number of pyridine rings is 1. The van der Waals surface area contributed by atoms with Gasteiger partial charge in [0.1, 0.15) is 11.1 Å². The van der Waals surface area contributed by atoms with Crippen LogP contribution in [0.2, 0.25) is 0 Å². The van der Waals surface area contributed by atoms with Crippen LogP contribution < -0.4 is 10.0 Å². The molecule has 0 bridgehead atoms. The van der Waals surface area contributed by atoms with Gasteiger partial charge in [0.15, 0.2) is 0 Å². The summed E-state index contributed by atoms with van der Waals surface area (Å²) in [5, 5.41) is 12.4. The van der Waals surface area contributed by atoms with Crippen LogP contribution in [0.5, 0.6) is 0 Å². The fourth-order valence-corrected chi connectivity index (χ4v) is 4.28. The smallest absolute Gasteiger partial charge is 0.264 e. The Kier molecular flexibility index (Phi) is 7.97. The van der Waals surface area contributed by atoms with Crippen molar-refractivity contribution in [1.29, 1.82) is 5.26 Å². The van der Waals surface area contributed by atoms with Crippen molar-refractivity contribution in [3.8, 4) is 6.07 Å². The molecule has 1 aromatic carbocycles. The number of benzene rings is 1. The van der Waals surface area contributed by atoms with Crippen molar-refractivity contribution in [3.05, 3.63) is 47.7 Å². The number of nitriles is 1. The first-order valence-corrected chi connectivity index (χ1v) is 11.5. The molecular weight excluding hydrogens is 424 g/mol. The van der Waals surface area contributed by atoms with E-state index in [0.717, 1.165) is 19.0 Å². The maximum Gasteiger partial charge on any atom is 0.264 e. The summed E-state index contributed by atoms with van der Waals surface area (Å²) in [7, 11) is -3.93. The Morgan fingerprint density at radius 1 is 1.17 bits per heavy atom. The molecule has 0 atom stereocenters. The Balaban J connectivity index is 2.01. The molecule has 1 heterocycles.